The van der Waals surface area contributed by atoms with E-state index in [1.54, 1.807) is 12.1 Å². The number of benzene rings is 2. The molecular formula is C28H33ClF3N5O2. The van der Waals surface area contributed by atoms with Crippen LogP contribution in [0.5, 0.6) is 5.75 Å². The number of nitrogens with two attached hydrogens (primary N) is 1. The topological polar surface area (TPSA) is 75.8 Å². The first kappa shape index (κ1) is 28.9. The minimum absolute atomic E-state index is 0. The second kappa shape index (κ2) is 12.0. The van der Waals surface area contributed by atoms with Crippen LogP contribution >= 0.6 is 12.4 Å². The Kier molecular flexibility index (Phi) is 8.90. The van der Waals surface area contributed by atoms with Crippen LogP contribution in [0.2, 0.25) is 0 Å². The fourth-order valence-corrected chi connectivity index (χ4v) is 5.30. The molecule has 1 aromatic heterocycles. The summed E-state index contributed by atoms with van der Waals surface area (Å²) in [4.78, 5) is 17.6. The lowest BCUT2D eigenvalue weighted by Gasteiger charge is -2.32. The Morgan fingerprint density at radius 3 is 2.41 bits per heavy atom. The maximum Gasteiger partial charge on any atom is 0.573 e. The summed E-state index contributed by atoms with van der Waals surface area (Å²) in [6.45, 7) is 5.83. The van der Waals surface area contributed by atoms with Gasteiger partial charge in [-0.2, -0.15) is 0 Å². The van der Waals surface area contributed by atoms with Gasteiger partial charge in [0.1, 0.15) is 11.4 Å². The summed E-state index contributed by atoms with van der Waals surface area (Å²) >= 11 is 0. The highest BCUT2D eigenvalue weighted by Gasteiger charge is 2.33. The van der Waals surface area contributed by atoms with Gasteiger partial charge in [-0.25, -0.2) is 0 Å². The summed E-state index contributed by atoms with van der Waals surface area (Å²) in [5.41, 5.74) is 10.4. The van der Waals surface area contributed by atoms with Gasteiger partial charge in [0.05, 0.1) is 11.7 Å². The summed E-state index contributed by atoms with van der Waals surface area (Å²) in [6.07, 6.45) is -4.15. The Balaban J connectivity index is 0.00000353. The SMILES string of the molecule is CN1CCN(Cc2ccc(-c3c(-c4cccc(OC(F)(F)F)c4)cc4n3[C@@H](CCN)CNC4=O)cc2)CC1.Cl. The van der Waals surface area contributed by atoms with Crippen LogP contribution in [0.4, 0.5) is 13.2 Å². The van der Waals surface area contributed by atoms with Gasteiger partial charge in [0.15, 0.2) is 0 Å². The van der Waals surface area contributed by atoms with Crippen LogP contribution in [-0.4, -0.2) is 73.0 Å². The van der Waals surface area contributed by atoms with Crippen LogP contribution in [0.25, 0.3) is 22.4 Å². The third-order valence-electron chi connectivity index (χ3n) is 7.24. The zero-order valence-corrected chi connectivity index (χ0v) is 22.5. The number of ether oxygens (including phenoxy) is 1. The van der Waals surface area contributed by atoms with Gasteiger partial charge in [0.2, 0.25) is 0 Å². The molecule has 2 aromatic carbocycles. The molecule has 0 unspecified atom stereocenters. The fraction of sp³-hybridized carbons (Fsp3) is 0.393. The van der Waals surface area contributed by atoms with E-state index in [4.69, 9.17) is 5.73 Å². The summed E-state index contributed by atoms with van der Waals surface area (Å²) in [5, 5.41) is 2.92. The van der Waals surface area contributed by atoms with Crippen molar-refractivity contribution in [3.8, 4) is 28.1 Å². The lowest BCUT2D eigenvalue weighted by atomic mass is 9.99. The van der Waals surface area contributed by atoms with Gasteiger partial charge in [-0.1, -0.05) is 36.4 Å². The van der Waals surface area contributed by atoms with Crippen LogP contribution in [0, 0.1) is 0 Å². The van der Waals surface area contributed by atoms with Gasteiger partial charge >= 0.3 is 6.36 Å². The molecule has 0 bridgehead atoms. The highest BCUT2D eigenvalue weighted by atomic mass is 35.5. The highest BCUT2D eigenvalue weighted by molar-refractivity contribution is 5.98. The number of halogens is 4. The first-order valence-electron chi connectivity index (χ1n) is 12.8. The van der Waals surface area contributed by atoms with Crippen molar-refractivity contribution in [3.63, 3.8) is 0 Å². The second-order valence-corrected chi connectivity index (χ2v) is 9.96. The number of rotatable bonds is 7. The largest absolute Gasteiger partial charge is 0.573 e. The normalized spacial score (nSPS) is 18.3. The molecule has 3 aromatic rings. The number of likely N-dealkylation sites (N-methyl/N-ethyl adjacent to an activating group) is 1. The van der Waals surface area contributed by atoms with E-state index in [0.717, 1.165) is 44.0 Å². The maximum atomic E-state index is 12.9. The zero-order chi connectivity index (χ0) is 26.9. The lowest BCUT2D eigenvalue weighted by molar-refractivity contribution is -0.274. The molecule has 3 N–H and O–H groups in total. The van der Waals surface area contributed by atoms with Crippen molar-refractivity contribution < 1.29 is 22.7 Å². The van der Waals surface area contributed by atoms with Crippen molar-refractivity contribution in [2.75, 3.05) is 46.3 Å². The predicted molar refractivity (Wildman–Crippen MR) is 147 cm³/mol. The molecule has 39 heavy (non-hydrogen) atoms. The molecule has 0 saturated carbocycles. The zero-order valence-electron chi connectivity index (χ0n) is 21.7. The Morgan fingerprint density at radius 2 is 1.74 bits per heavy atom. The average molecular weight is 564 g/mol. The molecule has 2 aliphatic heterocycles. The molecule has 1 amide bonds. The minimum Gasteiger partial charge on any atom is -0.406 e. The Labute approximate surface area is 232 Å². The van der Waals surface area contributed by atoms with Crippen LogP contribution in [0.1, 0.15) is 28.5 Å². The minimum atomic E-state index is -4.80. The van der Waals surface area contributed by atoms with Crippen molar-refractivity contribution in [1.82, 2.24) is 19.7 Å². The summed E-state index contributed by atoms with van der Waals surface area (Å²) in [5.74, 6) is -0.532. The molecule has 0 radical (unpaired) electrons. The predicted octanol–water partition coefficient (Wildman–Crippen LogP) is 4.52. The molecule has 11 heteroatoms. The molecule has 5 rings (SSSR count). The second-order valence-electron chi connectivity index (χ2n) is 9.96. The number of nitrogens with one attached hydrogen (secondary N) is 1. The highest BCUT2D eigenvalue weighted by Crippen LogP contribution is 2.40. The molecule has 0 spiro atoms. The summed E-state index contributed by atoms with van der Waals surface area (Å²) in [7, 11) is 2.13. The van der Waals surface area contributed by atoms with Gasteiger partial charge < -0.3 is 25.3 Å². The number of hydrogen-bond donors (Lipinski definition) is 2. The molecule has 1 atom stereocenters. The van der Waals surface area contributed by atoms with E-state index in [9.17, 15) is 18.0 Å². The van der Waals surface area contributed by atoms with Crippen LogP contribution in [0.3, 0.4) is 0 Å². The molecule has 7 nitrogen and oxygen atoms in total. The molecule has 1 fully saturated rings. The Hall–Kier alpha value is -3.05. The molecule has 3 heterocycles. The van der Waals surface area contributed by atoms with Crippen molar-refractivity contribution >= 4 is 18.3 Å². The molecule has 210 valence electrons. The van der Waals surface area contributed by atoms with Gasteiger partial charge in [0.25, 0.3) is 5.91 Å². The quantitative estimate of drug-likeness (QED) is 0.442. The molecule has 1 saturated heterocycles. The molecule has 2 aliphatic rings. The van der Waals surface area contributed by atoms with Crippen molar-refractivity contribution in [3.05, 3.63) is 65.9 Å². The van der Waals surface area contributed by atoms with E-state index in [2.05, 4.69) is 39.0 Å². The number of nitrogens with zero attached hydrogens (tertiary/aromatic N) is 3. The molecule has 0 aliphatic carbocycles. The van der Waals surface area contributed by atoms with Gasteiger partial charge in [0, 0.05) is 44.8 Å². The van der Waals surface area contributed by atoms with E-state index in [-0.39, 0.29) is 30.1 Å². The Morgan fingerprint density at radius 1 is 1.03 bits per heavy atom. The monoisotopic (exact) mass is 563 g/mol. The number of piperazine rings is 1. The first-order chi connectivity index (χ1) is 18.2. The van der Waals surface area contributed by atoms with Crippen molar-refractivity contribution in [2.45, 2.75) is 25.4 Å². The maximum absolute atomic E-state index is 12.9. The standard InChI is InChI=1S/C28H32F3N5O2.ClH/c1-34-11-13-35(14-12-34)18-19-5-7-20(8-6-19)26-24(21-3-2-4-23(15-21)38-28(29,30)31)16-25-27(37)33-17-22(9-10-32)36(25)26;/h2-8,15-16,22H,9-14,17-18,32H2,1H3,(H,33,37);1H/t22-;/m0./s1. The van der Waals surface area contributed by atoms with Crippen LogP contribution < -0.4 is 15.8 Å². The average Bonchev–Trinajstić information content (AvgIpc) is 3.29. The lowest BCUT2D eigenvalue weighted by Crippen LogP contribution is -2.43. The first-order valence-corrected chi connectivity index (χ1v) is 12.8. The van der Waals surface area contributed by atoms with Crippen LogP contribution in [0.15, 0.2) is 54.6 Å². The number of fused-ring (bicyclic) bond motifs is 1. The smallest absolute Gasteiger partial charge is 0.406 e. The van der Waals surface area contributed by atoms with E-state index in [0.29, 0.717) is 36.3 Å². The Bertz CT molecular complexity index is 1290. The third-order valence-corrected chi connectivity index (χ3v) is 7.24. The van der Waals surface area contributed by atoms with E-state index in [1.807, 2.05) is 16.7 Å². The number of aromatic nitrogens is 1. The van der Waals surface area contributed by atoms with Crippen molar-refractivity contribution in [1.29, 1.82) is 0 Å². The van der Waals surface area contributed by atoms with Gasteiger partial charge in [-0.05, 0) is 54.9 Å². The van der Waals surface area contributed by atoms with Crippen molar-refractivity contribution in [2.24, 2.45) is 5.73 Å². The van der Waals surface area contributed by atoms with Gasteiger partial charge in [-0.3, -0.25) is 9.69 Å². The van der Waals surface area contributed by atoms with E-state index >= 15 is 0 Å². The number of alkyl halides is 3. The summed E-state index contributed by atoms with van der Waals surface area (Å²) < 4.78 is 44.9. The fourth-order valence-electron chi connectivity index (χ4n) is 5.30. The number of carbonyl (C=O) groups excluding carboxylic acids is 1. The van der Waals surface area contributed by atoms with E-state index in [1.165, 1.54) is 23.8 Å². The number of amides is 1. The number of hydrogen-bond acceptors (Lipinski definition) is 5. The van der Waals surface area contributed by atoms with Gasteiger partial charge in [-0.15, -0.1) is 25.6 Å². The van der Waals surface area contributed by atoms with Crippen LogP contribution in [-0.2, 0) is 6.54 Å². The third kappa shape index (κ3) is 6.58. The summed E-state index contributed by atoms with van der Waals surface area (Å²) in [6, 6.07) is 15.8. The number of carbonyl (C=O) groups is 1. The van der Waals surface area contributed by atoms with E-state index < -0.39 is 6.36 Å². The molecular weight excluding hydrogens is 531 g/mol.